The smallest absolute Gasteiger partial charge is 0.408 e. The molecule has 6 nitrogen and oxygen atoms in total. The zero-order valence-corrected chi connectivity index (χ0v) is 16.9. The van der Waals surface area contributed by atoms with Crippen LogP contribution in [-0.2, 0) is 16.0 Å². The normalized spacial score (nSPS) is 13.6. The summed E-state index contributed by atoms with van der Waals surface area (Å²) in [6, 6.07) is 8.18. The van der Waals surface area contributed by atoms with Crippen LogP contribution in [0.2, 0.25) is 0 Å². The molecular weight excluding hydrogens is 350 g/mol. The van der Waals surface area contributed by atoms with Gasteiger partial charge in [-0.15, -0.1) is 0 Å². The fourth-order valence-electron chi connectivity index (χ4n) is 2.33. The molecule has 0 spiro atoms. The molecule has 0 bridgehead atoms. The Morgan fingerprint density at radius 3 is 2.19 bits per heavy atom. The zero-order chi connectivity index (χ0) is 19.9. The van der Waals surface area contributed by atoms with Gasteiger partial charge in [0.2, 0.25) is 5.91 Å². The van der Waals surface area contributed by atoms with Crippen LogP contribution < -0.4 is 16.4 Å². The molecule has 7 heteroatoms. The third-order valence-corrected chi connectivity index (χ3v) is 3.81. The number of ether oxygens (including phenoxy) is 1. The summed E-state index contributed by atoms with van der Waals surface area (Å²) >= 11 is 5.04. The Labute approximate surface area is 160 Å². The van der Waals surface area contributed by atoms with E-state index in [4.69, 9.17) is 22.7 Å². The van der Waals surface area contributed by atoms with Crippen molar-refractivity contribution in [3.8, 4) is 0 Å². The molecule has 1 aromatic rings. The van der Waals surface area contributed by atoms with Crippen LogP contribution in [0.4, 0.5) is 4.79 Å². The van der Waals surface area contributed by atoms with E-state index in [9.17, 15) is 9.59 Å². The molecule has 1 aromatic carbocycles. The first-order chi connectivity index (χ1) is 12.0. The van der Waals surface area contributed by atoms with Gasteiger partial charge in [-0.3, -0.25) is 4.79 Å². The third-order valence-electron chi connectivity index (χ3n) is 3.56. The van der Waals surface area contributed by atoms with Gasteiger partial charge in [-0.05, 0) is 32.3 Å². The molecular formula is C19H29N3O3S. The number of nitrogens with one attached hydrogen (secondary N) is 2. The standard InChI is InChI=1S/C19H29N3O3S/c1-12(2)15(16(20)26)22-17(23)14(11-13-9-7-6-8-10-13)21-18(24)25-19(3,4)5/h6-10,12,14-15H,11H2,1-5H3,(H2,20,26)(H,21,24)(H,22,23). The maximum atomic E-state index is 12.8. The van der Waals surface area contributed by atoms with Gasteiger partial charge in [-0.1, -0.05) is 56.4 Å². The Bertz CT molecular complexity index is 627. The molecule has 2 amide bonds. The van der Waals surface area contributed by atoms with Gasteiger partial charge < -0.3 is 21.1 Å². The van der Waals surface area contributed by atoms with Crippen LogP contribution in [0, 0.1) is 5.92 Å². The summed E-state index contributed by atoms with van der Waals surface area (Å²) < 4.78 is 5.28. The number of hydrogen-bond acceptors (Lipinski definition) is 4. The highest BCUT2D eigenvalue weighted by atomic mass is 32.1. The molecule has 0 heterocycles. The maximum Gasteiger partial charge on any atom is 0.408 e. The van der Waals surface area contributed by atoms with E-state index in [0.29, 0.717) is 6.42 Å². The summed E-state index contributed by atoms with van der Waals surface area (Å²) in [5, 5.41) is 5.48. The number of carbonyl (C=O) groups is 2. The Morgan fingerprint density at radius 2 is 1.73 bits per heavy atom. The van der Waals surface area contributed by atoms with Crippen molar-refractivity contribution in [3.63, 3.8) is 0 Å². The minimum absolute atomic E-state index is 0.0374. The van der Waals surface area contributed by atoms with E-state index >= 15 is 0 Å². The lowest BCUT2D eigenvalue weighted by Crippen LogP contribution is -2.55. The molecule has 4 N–H and O–H groups in total. The lowest BCUT2D eigenvalue weighted by molar-refractivity contribution is -0.123. The SMILES string of the molecule is CC(C)C(NC(=O)C(Cc1ccccc1)NC(=O)OC(C)(C)C)C(N)=S. The molecule has 0 aliphatic heterocycles. The predicted molar refractivity (Wildman–Crippen MR) is 107 cm³/mol. The molecule has 0 aromatic heterocycles. The van der Waals surface area contributed by atoms with Gasteiger partial charge in [0, 0.05) is 6.42 Å². The average molecular weight is 380 g/mol. The van der Waals surface area contributed by atoms with E-state index < -0.39 is 23.8 Å². The highest BCUT2D eigenvalue weighted by molar-refractivity contribution is 7.80. The van der Waals surface area contributed by atoms with Crippen molar-refractivity contribution in [1.82, 2.24) is 10.6 Å². The van der Waals surface area contributed by atoms with Crippen LogP contribution in [0.25, 0.3) is 0 Å². The molecule has 144 valence electrons. The van der Waals surface area contributed by atoms with E-state index in [1.54, 1.807) is 20.8 Å². The molecule has 0 aliphatic carbocycles. The second-order valence-electron chi connectivity index (χ2n) is 7.52. The summed E-state index contributed by atoms with van der Waals surface area (Å²) in [4.78, 5) is 25.1. The predicted octanol–water partition coefficient (Wildman–Crippen LogP) is 2.55. The minimum atomic E-state index is -0.803. The highest BCUT2D eigenvalue weighted by Gasteiger charge is 2.28. The van der Waals surface area contributed by atoms with Crippen LogP contribution in [-0.4, -0.2) is 34.7 Å². The van der Waals surface area contributed by atoms with Crippen molar-refractivity contribution in [2.75, 3.05) is 0 Å². The molecule has 26 heavy (non-hydrogen) atoms. The largest absolute Gasteiger partial charge is 0.444 e. The second-order valence-corrected chi connectivity index (χ2v) is 7.99. The lowest BCUT2D eigenvalue weighted by atomic mass is 10.0. The number of carbonyl (C=O) groups excluding carboxylic acids is 2. The van der Waals surface area contributed by atoms with Crippen LogP contribution in [0.5, 0.6) is 0 Å². The van der Waals surface area contributed by atoms with Crippen LogP contribution in [0.15, 0.2) is 30.3 Å². The third kappa shape index (κ3) is 7.82. The van der Waals surface area contributed by atoms with Crippen molar-refractivity contribution in [2.24, 2.45) is 11.7 Å². The molecule has 2 atom stereocenters. The van der Waals surface area contributed by atoms with Crippen molar-refractivity contribution < 1.29 is 14.3 Å². The molecule has 0 fully saturated rings. The fourth-order valence-corrected chi connectivity index (χ4v) is 2.66. The van der Waals surface area contributed by atoms with Gasteiger partial charge in [0.1, 0.15) is 11.6 Å². The van der Waals surface area contributed by atoms with Crippen LogP contribution >= 0.6 is 12.2 Å². The Kier molecular flexibility index (Phi) is 8.02. The summed E-state index contributed by atoms with van der Waals surface area (Å²) in [5.41, 5.74) is 5.99. The van der Waals surface area contributed by atoms with Gasteiger partial charge >= 0.3 is 6.09 Å². The molecule has 0 saturated carbocycles. The number of hydrogen-bond donors (Lipinski definition) is 3. The maximum absolute atomic E-state index is 12.8. The van der Waals surface area contributed by atoms with E-state index in [-0.39, 0.29) is 16.8 Å². The molecule has 2 unspecified atom stereocenters. The van der Waals surface area contributed by atoms with E-state index in [0.717, 1.165) is 5.56 Å². The van der Waals surface area contributed by atoms with Crippen LogP contribution in [0.3, 0.4) is 0 Å². The first kappa shape index (κ1) is 21.9. The van der Waals surface area contributed by atoms with Crippen LogP contribution in [0.1, 0.15) is 40.2 Å². The molecule has 0 radical (unpaired) electrons. The summed E-state index contributed by atoms with van der Waals surface area (Å²) in [7, 11) is 0. The monoisotopic (exact) mass is 379 g/mol. The van der Waals surface area contributed by atoms with E-state index in [1.807, 2.05) is 44.2 Å². The molecule has 0 saturated heterocycles. The average Bonchev–Trinajstić information content (AvgIpc) is 2.50. The quantitative estimate of drug-likeness (QED) is 0.633. The first-order valence-electron chi connectivity index (χ1n) is 8.62. The highest BCUT2D eigenvalue weighted by Crippen LogP contribution is 2.10. The van der Waals surface area contributed by atoms with Gasteiger partial charge in [0.15, 0.2) is 0 Å². The number of alkyl carbamates (subject to hydrolysis) is 1. The van der Waals surface area contributed by atoms with Crippen molar-refractivity contribution in [3.05, 3.63) is 35.9 Å². The van der Waals surface area contributed by atoms with Crippen molar-refractivity contribution in [1.29, 1.82) is 0 Å². The zero-order valence-electron chi connectivity index (χ0n) is 16.0. The number of thiocarbonyl (C=S) groups is 1. The fraction of sp³-hybridized carbons (Fsp3) is 0.526. The number of nitrogens with two attached hydrogens (primary N) is 1. The van der Waals surface area contributed by atoms with Gasteiger partial charge in [0.25, 0.3) is 0 Å². The number of benzene rings is 1. The van der Waals surface area contributed by atoms with Gasteiger partial charge in [0.05, 0.1) is 11.0 Å². The second kappa shape index (κ2) is 9.52. The Balaban J connectivity index is 2.93. The molecule has 1 rings (SSSR count). The van der Waals surface area contributed by atoms with Crippen molar-refractivity contribution >= 4 is 29.2 Å². The molecule has 0 aliphatic rings. The van der Waals surface area contributed by atoms with Gasteiger partial charge in [-0.25, -0.2) is 4.79 Å². The number of rotatable bonds is 7. The first-order valence-corrected chi connectivity index (χ1v) is 9.03. The Hall–Kier alpha value is -2.15. The minimum Gasteiger partial charge on any atom is -0.444 e. The number of amides is 2. The van der Waals surface area contributed by atoms with E-state index in [2.05, 4.69) is 10.6 Å². The van der Waals surface area contributed by atoms with Crippen molar-refractivity contribution in [2.45, 2.75) is 58.7 Å². The topological polar surface area (TPSA) is 93.5 Å². The Morgan fingerprint density at radius 1 is 1.15 bits per heavy atom. The summed E-state index contributed by atoms with van der Waals surface area (Å²) in [5.74, 6) is -0.318. The van der Waals surface area contributed by atoms with E-state index in [1.165, 1.54) is 0 Å². The summed E-state index contributed by atoms with van der Waals surface area (Å²) in [6.07, 6.45) is -0.321. The van der Waals surface area contributed by atoms with Gasteiger partial charge in [-0.2, -0.15) is 0 Å². The summed E-state index contributed by atoms with van der Waals surface area (Å²) in [6.45, 7) is 9.12. The lowest BCUT2D eigenvalue weighted by Gasteiger charge is -2.26.